The van der Waals surface area contributed by atoms with E-state index in [0.717, 1.165) is 5.92 Å². The number of benzene rings is 1. The first-order valence-corrected chi connectivity index (χ1v) is 7.42. The molecule has 1 aliphatic carbocycles. The maximum absolute atomic E-state index is 3.43. The van der Waals surface area contributed by atoms with Crippen molar-refractivity contribution in [3.8, 4) is 11.2 Å². The van der Waals surface area contributed by atoms with Crippen LogP contribution >= 0.6 is 11.8 Å². The van der Waals surface area contributed by atoms with Crippen LogP contribution in [0.5, 0.6) is 0 Å². The molecule has 0 atom stereocenters. The molecule has 1 fully saturated rings. The lowest BCUT2D eigenvalue weighted by Gasteiger charge is -2.24. The maximum atomic E-state index is 3.43. The third kappa shape index (κ3) is 4.13. The van der Waals surface area contributed by atoms with Crippen molar-refractivity contribution in [1.29, 1.82) is 0 Å². The highest BCUT2D eigenvalue weighted by Crippen LogP contribution is 2.30. The van der Waals surface area contributed by atoms with Crippen LogP contribution in [0.4, 0.5) is 0 Å². The van der Waals surface area contributed by atoms with Crippen molar-refractivity contribution in [2.24, 2.45) is 11.8 Å². The van der Waals surface area contributed by atoms with Crippen LogP contribution in [-0.2, 0) is 0 Å². The lowest BCUT2D eigenvalue weighted by molar-refractivity contribution is 0.310. The highest BCUT2D eigenvalue weighted by Gasteiger charge is 2.17. The number of hydrogen-bond donors (Lipinski definition) is 0. The van der Waals surface area contributed by atoms with Crippen LogP contribution in [0, 0.1) is 23.0 Å². The third-order valence-electron chi connectivity index (χ3n) is 3.60. The molecule has 90 valence electrons. The largest absolute Gasteiger partial charge is 0.0875 e. The summed E-state index contributed by atoms with van der Waals surface area (Å²) in [7, 11) is 0. The van der Waals surface area contributed by atoms with Gasteiger partial charge < -0.3 is 0 Å². The zero-order valence-electron chi connectivity index (χ0n) is 10.5. The maximum Gasteiger partial charge on any atom is 0.0212 e. The minimum absolute atomic E-state index is 0.647. The molecule has 0 unspecified atom stereocenters. The summed E-state index contributed by atoms with van der Waals surface area (Å²) in [5, 5.41) is 3.27. The fourth-order valence-electron chi connectivity index (χ4n) is 2.38. The van der Waals surface area contributed by atoms with E-state index in [2.05, 4.69) is 42.4 Å². The predicted octanol–water partition coefficient (Wildman–Crippen LogP) is 4.96. The molecule has 2 rings (SSSR count). The third-order valence-corrected chi connectivity index (χ3v) is 4.33. The molecule has 0 saturated heterocycles. The summed E-state index contributed by atoms with van der Waals surface area (Å²) in [6.45, 7) is 2.31. The molecule has 1 saturated carbocycles. The molecule has 0 nitrogen and oxygen atoms in total. The van der Waals surface area contributed by atoms with Gasteiger partial charge in [0.25, 0.3) is 0 Å². The van der Waals surface area contributed by atoms with E-state index in [1.807, 2.05) is 6.07 Å². The molecule has 0 spiro atoms. The molecule has 0 N–H and O–H groups in total. The van der Waals surface area contributed by atoms with Crippen molar-refractivity contribution in [1.82, 2.24) is 0 Å². The standard InChI is InChI=1S/C16H20S/c1-2-14-8-10-15(11-9-14)12-13-17-16-6-4-3-5-7-16/h3-7,14-15H,2,8-11H2,1H3. The second-order valence-corrected chi connectivity index (χ2v) is 5.67. The van der Waals surface area contributed by atoms with E-state index in [1.54, 1.807) is 11.8 Å². The smallest absolute Gasteiger partial charge is 0.0212 e. The molecular weight excluding hydrogens is 224 g/mol. The van der Waals surface area contributed by atoms with Crippen LogP contribution in [0.3, 0.4) is 0 Å². The van der Waals surface area contributed by atoms with Crippen molar-refractivity contribution in [2.75, 3.05) is 0 Å². The molecule has 0 radical (unpaired) electrons. The van der Waals surface area contributed by atoms with E-state index in [4.69, 9.17) is 0 Å². The number of thioether (sulfide) groups is 1. The summed E-state index contributed by atoms with van der Waals surface area (Å²) >= 11 is 1.66. The van der Waals surface area contributed by atoms with E-state index in [0.29, 0.717) is 5.92 Å². The van der Waals surface area contributed by atoms with Crippen molar-refractivity contribution in [3.05, 3.63) is 30.3 Å². The molecule has 1 heteroatoms. The van der Waals surface area contributed by atoms with Gasteiger partial charge >= 0.3 is 0 Å². The summed E-state index contributed by atoms with van der Waals surface area (Å²) in [5.41, 5.74) is 0. The predicted molar refractivity (Wildman–Crippen MR) is 75.8 cm³/mol. The van der Waals surface area contributed by atoms with Gasteiger partial charge in [-0.3, -0.25) is 0 Å². The number of rotatable bonds is 2. The van der Waals surface area contributed by atoms with Crippen LogP contribution in [-0.4, -0.2) is 0 Å². The average molecular weight is 244 g/mol. The van der Waals surface area contributed by atoms with Crippen LogP contribution in [0.1, 0.15) is 39.0 Å². The van der Waals surface area contributed by atoms with Crippen LogP contribution in [0.25, 0.3) is 0 Å². The molecule has 1 aromatic rings. The van der Waals surface area contributed by atoms with Gasteiger partial charge in [0.2, 0.25) is 0 Å². The van der Waals surface area contributed by atoms with Crippen LogP contribution < -0.4 is 0 Å². The fraction of sp³-hybridized carbons (Fsp3) is 0.500. The molecule has 0 heterocycles. The lowest BCUT2D eigenvalue weighted by Crippen LogP contribution is -2.12. The van der Waals surface area contributed by atoms with Gasteiger partial charge in [0.05, 0.1) is 0 Å². The summed E-state index contributed by atoms with van der Waals surface area (Å²) in [6.07, 6.45) is 6.72. The molecule has 0 bridgehead atoms. The molecule has 17 heavy (non-hydrogen) atoms. The highest BCUT2D eigenvalue weighted by atomic mass is 32.2. The van der Waals surface area contributed by atoms with E-state index >= 15 is 0 Å². The zero-order chi connectivity index (χ0) is 11.9. The van der Waals surface area contributed by atoms with Gasteiger partial charge in [-0.25, -0.2) is 0 Å². The fourth-order valence-corrected chi connectivity index (χ4v) is 3.01. The van der Waals surface area contributed by atoms with Gasteiger partial charge in [-0.1, -0.05) is 37.5 Å². The Morgan fingerprint density at radius 1 is 1.12 bits per heavy atom. The first kappa shape index (κ1) is 12.6. The first-order valence-electron chi connectivity index (χ1n) is 6.61. The quantitative estimate of drug-likeness (QED) is 0.523. The minimum atomic E-state index is 0.647. The Bertz CT molecular complexity index is 377. The Balaban J connectivity index is 1.79. The summed E-state index contributed by atoms with van der Waals surface area (Å²) in [6, 6.07) is 10.4. The molecule has 1 aromatic carbocycles. The van der Waals surface area contributed by atoms with E-state index in [1.165, 1.54) is 37.0 Å². The second-order valence-electron chi connectivity index (χ2n) is 4.79. The Morgan fingerprint density at radius 3 is 2.47 bits per heavy atom. The molecule has 1 aliphatic rings. The number of hydrogen-bond acceptors (Lipinski definition) is 1. The lowest BCUT2D eigenvalue weighted by atomic mass is 9.81. The van der Waals surface area contributed by atoms with E-state index < -0.39 is 0 Å². The SMILES string of the molecule is CCC1CCC(C#CSc2ccccc2)CC1. The summed E-state index contributed by atoms with van der Waals surface area (Å²) in [4.78, 5) is 1.25. The van der Waals surface area contributed by atoms with Crippen molar-refractivity contribution < 1.29 is 0 Å². The molecular formula is C16H20S. The van der Waals surface area contributed by atoms with Gasteiger partial charge in [0, 0.05) is 10.8 Å². The second kappa shape index (κ2) is 6.77. The first-order chi connectivity index (χ1) is 8.38. The van der Waals surface area contributed by atoms with Crippen molar-refractivity contribution in [2.45, 2.75) is 43.9 Å². The Hall–Kier alpha value is -0.870. The van der Waals surface area contributed by atoms with Gasteiger partial charge in [-0.15, -0.1) is 0 Å². The molecule has 0 aromatic heterocycles. The van der Waals surface area contributed by atoms with Crippen molar-refractivity contribution >= 4 is 11.8 Å². The summed E-state index contributed by atoms with van der Waals surface area (Å²) in [5.74, 6) is 5.04. The normalized spacial score (nSPS) is 23.8. The molecule has 0 amide bonds. The molecule has 0 aliphatic heterocycles. The monoisotopic (exact) mass is 244 g/mol. The van der Waals surface area contributed by atoms with Crippen molar-refractivity contribution in [3.63, 3.8) is 0 Å². The Morgan fingerprint density at radius 2 is 1.82 bits per heavy atom. The average Bonchev–Trinajstić information content (AvgIpc) is 2.41. The van der Waals surface area contributed by atoms with Gasteiger partial charge in [-0.05, 0) is 60.7 Å². The Kier molecular flexibility index (Phi) is 5.01. The summed E-state index contributed by atoms with van der Waals surface area (Å²) < 4.78 is 0. The minimum Gasteiger partial charge on any atom is -0.0875 e. The van der Waals surface area contributed by atoms with Crippen LogP contribution in [0.15, 0.2) is 35.2 Å². The zero-order valence-corrected chi connectivity index (χ0v) is 11.3. The highest BCUT2D eigenvalue weighted by molar-refractivity contribution is 8.03. The van der Waals surface area contributed by atoms with Gasteiger partial charge in [0.1, 0.15) is 0 Å². The topological polar surface area (TPSA) is 0 Å². The Labute approximate surface area is 109 Å². The van der Waals surface area contributed by atoms with Gasteiger partial charge in [0.15, 0.2) is 0 Å². The van der Waals surface area contributed by atoms with E-state index in [-0.39, 0.29) is 0 Å². The van der Waals surface area contributed by atoms with E-state index in [9.17, 15) is 0 Å². The van der Waals surface area contributed by atoms with Gasteiger partial charge in [-0.2, -0.15) is 0 Å². The van der Waals surface area contributed by atoms with Crippen LogP contribution in [0.2, 0.25) is 0 Å².